The van der Waals surface area contributed by atoms with Gasteiger partial charge in [-0.1, -0.05) is 33.4 Å². The number of aliphatic hydroxyl groups is 1. The quantitative estimate of drug-likeness (QED) is 0.474. The Bertz CT molecular complexity index is 507. The third kappa shape index (κ3) is 3.63. The molecule has 130 valence electrons. The highest BCUT2D eigenvalue weighted by Crippen LogP contribution is 2.51. The number of hydrogen-bond donors (Lipinski definition) is 1. The maximum absolute atomic E-state index is 11.8. The number of rotatable bonds is 3. The molecule has 0 amide bonds. The Morgan fingerprint density at radius 3 is 2.65 bits per heavy atom. The van der Waals surface area contributed by atoms with Crippen LogP contribution in [-0.2, 0) is 9.47 Å². The number of allylic oxidation sites excluding steroid dienone is 1. The molecule has 0 aromatic rings. The second-order valence-corrected chi connectivity index (χ2v) is 7.68. The van der Waals surface area contributed by atoms with Gasteiger partial charge in [0, 0.05) is 12.3 Å². The second-order valence-electron chi connectivity index (χ2n) is 7.68. The molecule has 2 aliphatic rings. The summed E-state index contributed by atoms with van der Waals surface area (Å²) in [5.74, 6) is 1.61. The fourth-order valence-corrected chi connectivity index (χ4v) is 4.19. The van der Waals surface area contributed by atoms with Crippen molar-refractivity contribution in [1.82, 2.24) is 0 Å². The maximum Gasteiger partial charge on any atom is 0.514 e. The van der Waals surface area contributed by atoms with Crippen molar-refractivity contribution in [3.63, 3.8) is 0 Å². The van der Waals surface area contributed by atoms with Crippen molar-refractivity contribution in [3.05, 3.63) is 24.0 Å². The van der Waals surface area contributed by atoms with Crippen LogP contribution < -0.4 is 0 Å². The Labute approximate surface area is 139 Å². The van der Waals surface area contributed by atoms with Crippen molar-refractivity contribution in [2.75, 3.05) is 0 Å². The molecule has 23 heavy (non-hydrogen) atoms. The molecule has 0 unspecified atom stereocenters. The zero-order valence-electron chi connectivity index (χ0n) is 15.0. The van der Waals surface area contributed by atoms with Gasteiger partial charge in [0.2, 0.25) is 0 Å². The first-order valence-corrected chi connectivity index (χ1v) is 8.59. The Hall–Kier alpha value is -1.29. The second kappa shape index (κ2) is 6.68. The number of ether oxygens (including phenoxy) is 2. The lowest BCUT2D eigenvalue weighted by Crippen LogP contribution is -2.55. The predicted molar refractivity (Wildman–Crippen MR) is 89.7 cm³/mol. The first-order valence-electron chi connectivity index (χ1n) is 8.59. The van der Waals surface area contributed by atoms with Crippen molar-refractivity contribution in [3.8, 4) is 0 Å². The van der Waals surface area contributed by atoms with Crippen LogP contribution in [0.2, 0.25) is 0 Å². The molecule has 0 aliphatic heterocycles. The fraction of sp³-hybridized carbons (Fsp3) is 0.737. The van der Waals surface area contributed by atoms with Crippen LogP contribution >= 0.6 is 0 Å². The summed E-state index contributed by atoms with van der Waals surface area (Å²) in [6, 6.07) is 0. The van der Waals surface area contributed by atoms with Crippen LogP contribution in [0.15, 0.2) is 24.0 Å². The number of hydrogen-bond acceptors (Lipinski definition) is 4. The lowest BCUT2D eigenvalue weighted by molar-refractivity contribution is -0.131. The minimum atomic E-state index is -0.819. The monoisotopic (exact) mass is 322 g/mol. The normalized spacial score (nSPS) is 36.9. The average molecular weight is 322 g/mol. The summed E-state index contributed by atoms with van der Waals surface area (Å²) < 4.78 is 10.3. The molecule has 0 radical (unpaired) electrons. The van der Waals surface area contributed by atoms with Crippen LogP contribution in [0.1, 0.15) is 53.9 Å². The summed E-state index contributed by atoms with van der Waals surface area (Å²) in [5, 5.41) is 11.4. The van der Waals surface area contributed by atoms with Crippen LogP contribution in [0.3, 0.4) is 0 Å². The van der Waals surface area contributed by atoms with Gasteiger partial charge in [0.15, 0.2) is 0 Å². The van der Waals surface area contributed by atoms with Gasteiger partial charge in [0.05, 0.1) is 5.60 Å². The molecule has 4 heteroatoms. The van der Waals surface area contributed by atoms with Gasteiger partial charge in [-0.3, -0.25) is 0 Å². The first-order chi connectivity index (χ1) is 10.6. The molecule has 0 saturated heterocycles. The van der Waals surface area contributed by atoms with E-state index in [2.05, 4.69) is 33.4 Å². The summed E-state index contributed by atoms with van der Waals surface area (Å²) >= 11 is 0. The van der Waals surface area contributed by atoms with Crippen molar-refractivity contribution in [1.29, 1.82) is 0 Å². The maximum atomic E-state index is 11.8. The highest BCUT2D eigenvalue weighted by atomic mass is 16.7. The summed E-state index contributed by atoms with van der Waals surface area (Å²) in [6.07, 6.45) is 3.53. The molecule has 1 fully saturated rings. The fourth-order valence-electron chi connectivity index (χ4n) is 4.19. The van der Waals surface area contributed by atoms with Gasteiger partial charge in [-0.15, -0.1) is 0 Å². The molecule has 2 rings (SSSR count). The summed E-state index contributed by atoms with van der Waals surface area (Å²) in [5.41, 5.74) is 0.180. The van der Waals surface area contributed by atoms with E-state index in [-0.39, 0.29) is 11.8 Å². The van der Waals surface area contributed by atoms with E-state index in [1.807, 2.05) is 6.92 Å². The van der Waals surface area contributed by atoms with Crippen LogP contribution in [-0.4, -0.2) is 23.0 Å². The van der Waals surface area contributed by atoms with Crippen LogP contribution in [0.4, 0.5) is 4.79 Å². The Kier molecular flexibility index (Phi) is 5.24. The van der Waals surface area contributed by atoms with E-state index in [1.165, 1.54) is 0 Å². The number of carbonyl (C=O) groups is 1. The van der Waals surface area contributed by atoms with Gasteiger partial charge < -0.3 is 14.6 Å². The summed E-state index contributed by atoms with van der Waals surface area (Å²) in [6.45, 7) is 13.6. The van der Waals surface area contributed by atoms with E-state index in [4.69, 9.17) is 9.47 Å². The highest BCUT2D eigenvalue weighted by molar-refractivity contribution is 5.62. The lowest BCUT2D eigenvalue weighted by Gasteiger charge is -2.52. The summed E-state index contributed by atoms with van der Waals surface area (Å²) in [7, 11) is 0. The van der Waals surface area contributed by atoms with Gasteiger partial charge in [0.25, 0.3) is 0 Å². The topological polar surface area (TPSA) is 55.8 Å². The minimum absolute atomic E-state index is 0.128. The van der Waals surface area contributed by atoms with Gasteiger partial charge in [0.1, 0.15) is 11.9 Å². The van der Waals surface area contributed by atoms with E-state index in [9.17, 15) is 9.90 Å². The molecule has 0 aromatic heterocycles. The molecule has 0 heterocycles. The molecular weight excluding hydrogens is 292 g/mol. The van der Waals surface area contributed by atoms with Crippen molar-refractivity contribution < 1.29 is 19.4 Å². The molecule has 0 aromatic carbocycles. The van der Waals surface area contributed by atoms with Crippen molar-refractivity contribution >= 4 is 6.16 Å². The van der Waals surface area contributed by atoms with Gasteiger partial charge in [-0.05, 0) is 50.0 Å². The lowest BCUT2D eigenvalue weighted by atomic mass is 9.57. The summed E-state index contributed by atoms with van der Waals surface area (Å²) in [4.78, 5) is 11.8. The molecule has 1 N–H and O–H groups in total. The van der Waals surface area contributed by atoms with Gasteiger partial charge in [-0.25, -0.2) is 4.79 Å². The molecular formula is C19H30O4. The Morgan fingerprint density at radius 1 is 1.43 bits per heavy atom. The zero-order valence-corrected chi connectivity index (χ0v) is 15.0. The van der Waals surface area contributed by atoms with E-state index in [0.717, 1.165) is 18.4 Å². The van der Waals surface area contributed by atoms with Crippen LogP contribution in [0, 0.1) is 23.7 Å². The highest BCUT2D eigenvalue weighted by Gasteiger charge is 2.52. The van der Waals surface area contributed by atoms with Gasteiger partial charge in [-0.2, -0.15) is 0 Å². The first kappa shape index (κ1) is 18.1. The van der Waals surface area contributed by atoms with E-state index in [1.54, 1.807) is 6.92 Å². The van der Waals surface area contributed by atoms with Crippen LogP contribution in [0.25, 0.3) is 0 Å². The molecule has 4 nitrogen and oxygen atoms in total. The molecule has 1 saturated carbocycles. The smallest absolute Gasteiger partial charge is 0.426 e. The Balaban J connectivity index is 2.23. The SMILES string of the molecule is C=C(C)OC(=O)O[C@@H]1C[C@@]2(O)[C@H](C)CC[C@@H](C(C)C)[C@H]2C=C1C. The molecule has 5 atom stereocenters. The third-order valence-corrected chi connectivity index (χ3v) is 5.64. The van der Waals surface area contributed by atoms with E-state index in [0.29, 0.717) is 24.0 Å². The number of fused-ring (bicyclic) bond motifs is 1. The third-order valence-electron chi connectivity index (χ3n) is 5.64. The number of carbonyl (C=O) groups excluding carboxylic acids is 1. The van der Waals surface area contributed by atoms with Crippen LogP contribution in [0.5, 0.6) is 0 Å². The molecule has 0 spiro atoms. The van der Waals surface area contributed by atoms with Crippen molar-refractivity contribution in [2.24, 2.45) is 23.7 Å². The zero-order chi connectivity index (χ0) is 17.4. The Morgan fingerprint density at radius 2 is 2.09 bits per heavy atom. The molecule has 0 bridgehead atoms. The van der Waals surface area contributed by atoms with Gasteiger partial charge >= 0.3 is 6.16 Å². The van der Waals surface area contributed by atoms with Crippen molar-refractivity contribution in [2.45, 2.75) is 65.6 Å². The standard InChI is InChI=1S/C19H30O4/c1-11(2)15-8-7-14(6)19(21)10-17(13(5)9-16(15)19)23-18(20)22-12(3)4/h9,11,14-17,21H,3,7-8,10H2,1-2,4-6H3/t14-,15+,16-,17-,19-/m1/s1. The predicted octanol–water partition coefficient (Wildman–Crippen LogP) is 4.44. The average Bonchev–Trinajstić information content (AvgIpc) is 2.41. The molecule has 2 aliphatic carbocycles. The largest absolute Gasteiger partial charge is 0.514 e. The van der Waals surface area contributed by atoms with E-state index < -0.39 is 17.9 Å². The minimum Gasteiger partial charge on any atom is -0.426 e. The van der Waals surface area contributed by atoms with E-state index >= 15 is 0 Å².